The van der Waals surface area contributed by atoms with Crippen molar-refractivity contribution in [2.24, 2.45) is 0 Å². The molecule has 1 amide bonds. The average Bonchev–Trinajstić information content (AvgIpc) is 2.99. The molecule has 5 nitrogen and oxygen atoms in total. The summed E-state index contributed by atoms with van der Waals surface area (Å²) in [7, 11) is 0. The van der Waals surface area contributed by atoms with Gasteiger partial charge < -0.3 is 20.6 Å². The Morgan fingerprint density at radius 3 is 1.38 bits per heavy atom. The second kappa shape index (κ2) is 32.7. The topological polar surface area (TPSA) is 89.8 Å². The van der Waals surface area contributed by atoms with Crippen LogP contribution >= 0.6 is 0 Å². The molecule has 3 atom stereocenters. The molecule has 0 aromatic carbocycles. The van der Waals surface area contributed by atoms with E-state index in [1.165, 1.54) is 116 Å². The van der Waals surface area contributed by atoms with Gasteiger partial charge in [0, 0.05) is 6.42 Å². The van der Waals surface area contributed by atoms with Gasteiger partial charge in [0.2, 0.25) is 5.91 Å². The number of rotatable bonds is 32. The summed E-state index contributed by atoms with van der Waals surface area (Å²) in [6.45, 7) is 4.12. The van der Waals surface area contributed by atoms with E-state index >= 15 is 0 Å². The van der Waals surface area contributed by atoms with E-state index in [1.54, 1.807) is 0 Å². The molecule has 0 aliphatic rings. The first-order chi connectivity index (χ1) is 20.6. The zero-order chi connectivity index (χ0) is 30.9. The summed E-state index contributed by atoms with van der Waals surface area (Å²) in [6.07, 6.45) is 37.0. The summed E-state index contributed by atoms with van der Waals surface area (Å²) in [6, 6.07) is -0.824. The number of hydrogen-bond donors (Lipinski definition) is 4. The van der Waals surface area contributed by atoms with E-state index in [-0.39, 0.29) is 12.5 Å². The van der Waals surface area contributed by atoms with Crippen LogP contribution in [0, 0.1) is 0 Å². The lowest BCUT2D eigenvalue weighted by Crippen LogP contribution is -2.50. The lowest BCUT2D eigenvalue weighted by molar-refractivity contribution is -0.124. The number of carbonyl (C=O) groups is 1. The molecule has 4 N–H and O–H groups in total. The standard InChI is InChI=1S/C37H71NO4/c1-3-5-7-9-11-13-15-16-17-18-19-20-22-24-26-28-30-32-36(41)38-34(33-39)37(42)35(40)31-29-27-25-23-21-14-12-10-8-6-4-2/h16-17,23,25,34-35,37,39-40,42H,3-15,18-22,24,26-33H2,1-2H3,(H,38,41)/b17-16-,25-23+. The lowest BCUT2D eigenvalue weighted by Gasteiger charge is -2.26. The number of allylic oxidation sites excluding steroid dienone is 4. The Bertz CT molecular complexity index is 621. The van der Waals surface area contributed by atoms with Crippen molar-refractivity contribution in [2.45, 2.75) is 199 Å². The van der Waals surface area contributed by atoms with Crippen molar-refractivity contribution in [2.75, 3.05) is 6.61 Å². The number of aliphatic hydroxyl groups excluding tert-OH is 3. The third kappa shape index (κ3) is 27.7. The molecule has 248 valence electrons. The highest BCUT2D eigenvalue weighted by molar-refractivity contribution is 5.76. The van der Waals surface area contributed by atoms with Crippen molar-refractivity contribution >= 4 is 5.91 Å². The third-order valence-corrected chi connectivity index (χ3v) is 8.28. The zero-order valence-corrected chi connectivity index (χ0v) is 27.9. The highest BCUT2D eigenvalue weighted by Gasteiger charge is 2.26. The zero-order valence-electron chi connectivity index (χ0n) is 27.9. The van der Waals surface area contributed by atoms with E-state index in [4.69, 9.17) is 0 Å². The van der Waals surface area contributed by atoms with Crippen LogP contribution in [0.4, 0.5) is 0 Å². The Hall–Kier alpha value is -1.17. The molecule has 3 unspecified atom stereocenters. The summed E-state index contributed by atoms with van der Waals surface area (Å²) in [5.74, 6) is -0.161. The number of nitrogens with one attached hydrogen (secondary N) is 1. The van der Waals surface area contributed by atoms with Crippen LogP contribution in [0.3, 0.4) is 0 Å². The van der Waals surface area contributed by atoms with Gasteiger partial charge in [0.15, 0.2) is 0 Å². The van der Waals surface area contributed by atoms with Gasteiger partial charge in [-0.2, -0.15) is 0 Å². The van der Waals surface area contributed by atoms with Crippen LogP contribution < -0.4 is 5.32 Å². The molecule has 0 aromatic rings. The average molecular weight is 594 g/mol. The monoisotopic (exact) mass is 594 g/mol. The highest BCUT2D eigenvalue weighted by Crippen LogP contribution is 2.13. The number of amides is 1. The maximum absolute atomic E-state index is 12.3. The maximum atomic E-state index is 12.3. The van der Waals surface area contributed by atoms with E-state index in [9.17, 15) is 20.1 Å². The van der Waals surface area contributed by atoms with Crippen molar-refractivity contribution in [1.29, 1.82) is 0 Å². The first kappa shape index (κ1) is 40.8. The van der Waals surface area contributed by atoms with Gasteiger partial charge in [-0.05, 0) is 64.2 Å². The van der Waals surface area contributed by atoms with Gasteiger partial charge in [-0.3, -0.25) is 4.79 Å². The Labute approximate surface area is 261 Å². The summed E-state index contributed by atoms with van der Waals surface area (Å²) in [4.78, 5) is 12.3. The molecule has 0 radical (unpaired) electrons. The van der Waals surface area contributed by atoms with E-state index in [2.05, 4.69) is 43.5 Å². The van der Waals surface area contributed by atoms with Crippen LogP contribution in [0.5, 0.6) is 0 Å². The molecule has 0 saturated heterocycles. The lowest BCUT2D eigenvalue weighted by atomic mass is 10.0. The van der Waals surface area contributed by atoms with Gasteiger partial charge in [0.05, 0.1) is 18.8 Å². The van der Waals surface area contributed by atoms with Crippen LogP contribution in [-0.2, 0) is 4.79 Å². The van der Waals surface area contributed by atoms with Gasteiger partial charge in [-0.25, -0.2) is 0 Å². The van der Waals surface area contributed by atoms with Crippen molar-refractivity contribution < 1.29 is 20.1 Å². The smallest absolute Gasteiger partial charge is 0.220 e. The molecule has 0 aromatic heterocycles. The van der Waals surface area contributed by atoms with Crippen LogP contribution in [-0.4, -0.2) is 46.1 Å². The van der Waals surface area contributed by atoms with E-state index in [0.717, 1.165) is 38.5 Å². The molecule has 0 heterocycles. The largest absolute Gasteiger partial charge is 0.394 e. The Balaban J connectivity index is 3.73. The normalized spacial score (nSPS) is 14.1. The van der Waals surface area contributed by atoms with Crippen LogP contribution in [0.25, 0.3) is 0 Å². The molecule has 0 bridgehead atoms. The van der Waals surface area contributed by atoms with Gasteiger partial charge in [-0.1, -0.05) is 134 Å². The van der Waals surface area contributed by atoms with E-state index in [1.807, 2.05) is 0 Å². The molecule has 0 spiro atoms. The van der Waals surface area contributed by atoms with Crippen molar-refractivity contribution in [3.05, 3.63) is 24.3 Å². The van der Waals surface area contributed by atoms with Crippen LogP contribution in [0.2, 0.25) is 0 Å². The van der Waals surface area contributed by atoms with Crippen LogP contribution in [0.15, 0.2) is 24.3 Å². The number of unbranched alkanes of at least 4 members (excludes halogenated alkanes) is 20. The molecular weight excluding hydrogens is 522 g/mol. The first-order valence-electron chi connectivity index (χ1n) is 18.1. The second-order valence-corrected chi connectivity index (χ2v) is 12.4. The Morgan fingerprint density at radius 2 is 0.952 bits per heavy atom. The Kier molecular flexibility index (Phi) is 31.8. The SMILES string of the molecule is CCCCCCCC/C=C\CCCCCCCCCC(=O)NC(CO)C(O)C(O)CCC/C=C/CCCCCCCC. The summed E-state index contributed by atoms with van der Waals surface area (Å²) in [5.41, 5.74) is 0. The third-order valence-electron chi connectivity index (χ3n) is 8.28. The molecular formula is C37H71NO4. The van der Waals surface area contributed by atoms with E-state index < -0.39 is 18.2 Å². The first-order valence-corrected chi connectivity index (χ1v) is 18.1. The van der Waals surface area contributed by atoms with E-state index in [0.29, 0.717) is 12.8 Å². The minimum atomic E-state index is -1.16. The second-order valence-electron chi connectivity index (χ2n) is 12.4. The highest BCUT2D eigenvalue weighted by atomic mass is 16.3. The predicted molar refractivity (Wildman–Crippen MR) is 181 cm³/mol. The van der Waals surface area contributed by atoms with Gasteiger partial charge in [-0.15, -0.1) is 0 Å². The number of hydrogen-bond acceptors (Lipinski definition) is 4. The fraction of sp³-hybridized carbons (Fsp3) is 0.865. The molecule has 0 aliphatic heterocycles. The molecule has 0 rings (SSSR count). The summed E-state index contributed by atoms with van der Waals surface area (Å²) < 4.78 is 0. The van der Waals surface area contributed by atoms with Crippen LogP contribution in [0.1, 0.15) is 181 Å². The van der Waals surface area contributed by atoms with Crippen molar-refractivity contribution in [3.63, 3.8) is 0 Å². The van der Waals surface area contributed by atoms with Gasteiger partial charge in [0.25, 0.3) is 0 Å². The molecule has 0 saturated carbocycles. The predicted octanol–water partition coefficient (Wildman–Crippen LogP) is 9.48. The number of carbonyl (C=O) groups excluding carboxylic acids is 1. The number of aliphatic hydroxyl groups is 3. The fourth-order valence-electron chi connectivity index (χ4n) is 5.39. The summed E-state index contributed by atoms with van der Waals surface area (Å²) >= 11 is 0. The fourth-order valence-corrected chi connectivity index (χ4v) is 5.39. The minimum absolute atomic E-state index is 0.161. The molecule has 0 fully saturated rings. The van der Waals surface area contributed by atoms with Gasteiger partial charge in [0.1, 0.15) is 6.10 Å². The summed E-state index contributed by atoms with van der Waals surface area (Å²) in [5, 5.41) is 33.2. The van der Waals surface area contributed by atoms with Gasteiger partial charge >= 0.3 is 0 Å². The Morgan fingerprint density at radius 1 is 0.571 bits per heavy atom. The van der Waals surface area contributed by atoms with Crippen molar-refractivity contribution in [3.8, 4) is 0 Å². The maximum Gasteiger partial charge on any atom is 0.220 e. The molecule has 5 heteroatoms. The molecule has 42 heavy (non-hydrogen) atoms. The van der Waals surface area contributed by atoms with Crippen molar-refractivity contribution in [1.82, 2.24) is 5.32 Å². The molecule has 0 aliphatic carbocycles. The quantitative estimate of drug-likeness (QED) is 0.0462. The minimum Gasteiger partial charge on any atom is -0.394 e.